The quantitative estimate of drug-likeness (QED) is 0.306. The fourth-order valence-corrected chi connectivity index (χ4v) is 3.23. The van der Waals surface area contributed by atoms with Gasteiger partial charge in [0.25, 0.3) is 0 Å². The molecule has 0 saturated carbocycles. The van der Waals surface area contributed by atoms with Crippen LogP contribution in [0.4, 0.5) is 10.5 Å². The Labute approximate surface area is 201 Å². The fourth-order valence-electron chi connectivity index (χ4n) is 3.23. The van der Waals surface area contributed by atoms with Gasteiger partial charge in [0.2, 0.25) is 6.41 Å². The lowest BCUT2D eigenvalue weighted by atomic mass is 10.0. The first kappa shape index (κ1) is 26.3. The summed E-state index contributed by atoms with van der Waals surface area (Å²) in [5.74, 6) is 0.0408. The lowest BCUT2D eigenvalue weighted by Gasteiger charge is -2.19. The van der Waals surface area contributed by atoms with Gasteiger partial charge < -0.3 is 15.0 Å². The van der Waals surface area contributed by atoms with Gasteiger partial charge in [-0.2, -0.15) is 0 Å². The zero-order valence-electron chi connectivity index (χ0n) is 20.0. The number of ketones is 1. The van der Waals surface area contributed by atoms with Crippen LogP contribution in [-0.4, -0.2) is 36.3 Å². The zero-order chi connectivity index (χ0) is 24.8. The normalized spacial score (nSPS) is 9.85. The highest BCUT2D eigenvalue weighted by Gasteiger charge is 2.11. The van der Waals surface area contributed by atoms with E-state index in [9.17, 15) is 14.4 Å². The Morgan fingerprint density at radius 1 is 0.912 bits per heavy atom. The molecular formula is C28H32N2O4. The van der Waals surface area contributed by atoms with Crippen molar-refractivity contribution in [1.29, 1.82) is 0 Å². The molecule has 2 amide bonds. The van der Waals surface area contributed by atoms with E-state index in [1.807, 2.05) is 86.6 Å². The minimum atomic E-state index is -0.229. The smallest absolute Gasteiger partial charge is 0.410 e. The predicted molar refractivity (Wildman–Crippen MR) is 136 cm³/mol. The molecule has 3 aromatic carbocycles. The molecule has 1 N–H and O–H groups in total. The van der Waals surface area contributed by atoms with Gasteiger partial charge in [-0.1, -0.05) is 67.6 Å². The van der Waals surface area contributed by atoms with Crippen molar-refractivity contribution in [3.63, 3.8) is 0 Å². The Kier molecular flexibility index (Phi) is 11.0. The number of rotatable bonds is 9. The molecule has 0 fully saturated rings. The van der Waals surface area contributed by atoms with Crippen LogP contribution in [0.1, 0.15) is 43.1 Å². The van der Waals surface area contributed by atoms with Crippen molar-refractivity contribution in [3.8, 4) is 11.1 Å². The molecule has 0 radical (unpaired) electrons. The average Bonchev–Trinajstić information content (AvgIpc) is 2.87. The second-order valence-electron chi connectivity index (χ2n) is 7.60. The first-order valence-corrected chi connectivity index (χ1v) is 11.4. The van der Waals surface area contributed by atoms with Crippen molar-refractivity contribution >= 4 is 24.0 Å². The molecule has 0 aliphatic rings. The number of hydrogen-bond donors (Lipinski definition) is 1. The highest BCUT2D eigenvalue weighted by molar-refractivity contribution is 5.95. The number of carbonyl (C=O) groups is 3. The molecule has 6 heteroatoms. The summed E-state index contributed by atoms with van der Waals surface area (Å²) in [6, 6.07) is 24.6. The van der Waals surface area contributed by atoms with Gasteiger partial charge in [0, 0.05) is 24.3 Å². The number of anilines is 1. The largest absolute Gasteiger partial charge is 0.445 e. The molecule has 0 aliphatic carbocycles. The van der Waals surface area contributed by atoms with Crippen LogP contribution >= 0.6 is 0 Å². The van der Waals surface area contributed by atoms with Gasteiger partial charge in [-0.05, 0) is 55.2 Å². The summed E-state index contributed by atoms with van der Waals surface area (Å²) in [4.78, 5) is 35.1. The number of Topliss-reactive ketones (excluding diaryl/α,β-unsaturated/α-hetero) is 1. The van der Waals surface area contributed by atoms with Crippen molar-refractivity contribution in [2.75, 3.05) is 18.4 Å². The second-order valence-corrected chi connectivity index (χ2v) is 7.60. The molecular weight excluding hydrogens is 428 g/mol. The van der Waals surface area contributed by atoms with Crippen LogP contribution in [0.15, 0.2) is 78.9 Å². The molecule has 0 unspecified atom stereocenters. The van der Waals surface area contributed by atoms with Crippen molar-refractivity contribution in [2.45, 2.75) is 33.8 Å². The molecule has 0 atom stereocenters. The molecule has 0 saturated heterocycles. The van der Waals surface area contributed by atoms with Crippen LogP contribution in [0.3, 0.4) is 0 Å². The molecule has 0 bridgehead atoms. The van der Waals surface area contributed by atoms with Crippen LogP contribution in [0.2, 0.25) is 0 Å². The molecule has 0 heterocycles. The molecule has 178 valence electrons. The van der Waals surface area contributed by atoms with Gasteiger partial charge >= 0.3 is 6.09 Å². The van der Waals surface area contributed by atoms with Gasteiger partial charge in [0.15, 0.2) is 5.78 Å². The number of hydrogen-bond acceptors (Lipinski definition) is 4. The lowest BCUT2D eigenvalue weighted by Crippen LogP contribution is -2.31. The summed E-state index contributed by atoms with van der Waals surface area (Å²) < 4.78 is 5.22. The Balaban J connectivity index is 0.000000242. The van der Waals surface area contributed by atoms with Gasteiger partial charge in [-0.15, -0.1) is 0 Å². The SMILES string of the molecule is CC(=O)c1cccc(-c2cccc(NC=O)c2)c1.CCCN(CC)C(=O)OCc1ccccc1. The maximum Gasteiger partial charge on any atom is 0.410 e. The summed E-state index contributed by atoms with van der Waals surface area (Å²) in [6.07, 6.45) is 1.37. The lowest BCUT2D eigenvalue weighted by molar-refractivity contribution is -0.105. The Morgan fingerprint density at radius 3 is 2.21 bits per heavy atom. The van der Waals surface area contributed by atoms with Gasteiger partial charge in [0.1, 0.15) is 6.61 Å². The standard InChI is InChI=1S/C15H13NO2.C13H19NO2/c1-11(18)12-4-2-5-13(8-12)14-6-3-7-15(9-14)16-10-17;1-3-10-14(4-2)13(15)16-11-12-8-6-5-7-9-12/h2-10H,1H3,(H,16,17);5-9H,3-4,10-11H2,1-2H3. The number of nitrogens with one attached hydrogen (secondary N) is 1. The number of carbonyl (C=O) groups excluding carboxylic acids is 3. The Morgan fingerprint density at radius 2 is 1.59 bits per heavy atom. The monoisotopic (exact) mass is 460 g/mol. The van der Waals surface area contributed by atoms with Crippen molar-refractivity contribution < 1.29 is 19.1 Å². The van der Waals surface area contributed by atoms with Crippen LogP contribution in [0, 0.1) is 0 Å². The first-order valence-electron chi connectivity index (χ1n) is 11.4. The Hall–Kier alpha value is -3.93. The molecule has 6 nitrogen and oxygen atoms in total. The minimum absolute atomic E-state index is 0.0408. The molecule has 34 heavy (non-hydrogen) atoms. The molecule has 0 aliphatic heterocycles. The Bertz CT molecular complexity index is 1070. The van der Waals surface area contributed by atoms with Crippen LogP contribution in [0.25, 0.3) is 11.1 Å². The van der Waals surface area contributed by atoms with E-state index in [1.54, 1.807) is 17.9 Å². The third kappa shape index (κ3) is 8.54. The van der Waals surface area contributed by atoms with Crippen molar-refractivity contribution in [2.24, 2.45) is 0 Å². The van der Waals surface area contributed by atoms with E-state index in [0.717, 1.165) is 35.3 Å². The van der Waals surface area contributed by atoms with E-state index in [1.165, 1.54) is 0 Å². The van der Waals surface area contributed by atoms with Gasteiger partial charge in [-0.3, -0.25) is 9.59 Å². The van der Waals surface area contributed by atoms with Crippen molar-refractivity contribution in [1.82, 2.24) is 4.90 Å². The molecule has 0 aromatic heterocycles. The topological polar surface area (TPSA) is 75.7 Å². The number of amides is 2. The van der Waals surface area contributed by atoms with Crippen LogP contribution < -0.4 is 5.32 Å². The average molecular weight is 461 g/mol. The number of ether oxygens (including phenoxy) is 1. The summed E-state index contributed by atoms with van der Waals surface area (Å²) in [5.41, 5.74) is 4.35. The highest BCUT2D eigenvalue weighted by Crippen LogP contribution is 2.23. The fraction of sp³-hybridized carbons (Fsp3) is 0.250. The first-order chi connectivity index (χ1) is 16.5. The molecule has 0 spiro atoms. The van der Waals surface area contributed by atoms with E-state index < -0.39 is 0 Å². The van der Waals surface area contributed by atoms with E-state index in [0.29, 0.717) is 25.1 Å². The van der Waals surface area contributed by atoms with E-state index in [2.05, 4.69) is 5.32 Å². The van der Waals surface area contributed by atoms with Gasteiger partial charge in [0.05, 0.1) is 0 Å². The predicted octanol–water partition coefficient (Wildman–Crippen LogP) is 6.18. The number of benzene rings is 3. The molecule has 3 aromatic rings. The zero-order valence-corrected chi connectivity index (χ0v) is 20.0. The third-order valence-corrected chi connectivity index (χ3v) is 5.03. The van der Waals surface area contributed by atoms with E-state index in [4.69, 9.17) is 4.74 Å². The molecule has 3 rings (SSSR count). The maximum absolute atomic E-state index is 11.6. The summed E-state index contributed by atoms with van der Waals surface area (Å²) in [7, 11) is 0. The van der Waals surface area contributed by atoms with Crippen molar-refractivity contribution in [3.05, 3.63) is 90.0 Å². The second kappa shape index (κ2) is 14.3. The summed E-state index contributed by atoms with van der Waals surface area (Å²) in [6.45, 7) is 7.35. The highest BCUT2D eigenvalue weighted by atomic mass is 16.6. The summed E-state index contributed by atoms with van der Waals surface area (Å²) in [5, 5.41) is 2.61. The van der Waals surface area contributed by atoms with E-state index >= 15 is 0 Å². The third-order valence-electron chi connectivity index (χ3n) is 5.03. The number of nitrogens with zero attached hydrogens (tertiary/aromatic N) is 1. The maximum atomic E-state index is 11.6. The summed E-state index contributed by atoms with van der Waals surface area (Å²) >= 11 is 0. The minimum Gasteiger partial charge on any atom is -0.445 e. The van der Waals surface area contributed by atoms with Crippen LogP contribution in [0.5, 0.6) is 0 Å². The van der Waals surface area contributed by atoms with E-state index in [-0.39, 0.29) is 11.9 Å². The van der Waals surface area contributed by atoms with Gasteiger partial charge in [-0.25, -0.2) is 4.79 Å². The van der Waals surface area contributed by atoms with Crippen LogP contribution in [-0.2, 0) is 16.1 Å².